The second-order valence-corrected chi connectivity index (χ2v) is 6.49. The molecule has 0 heterocycles. The summed E-state index contributed by atoms with van der Waals surface area (Å²) in [5.41, 5.74) is 0.985. The van der Waals surface area contributed by atoms with E-state index in [2.05, 4.69) is 6.42 Å². The first-order chi connectivity index (χ1) is 9.74. The second kappa shape index (κ2) is 6.24. The summed E-state index contributed by atoms with van der Waals surface area (Å²) in [7, 11) is 0. The predicted octanol–water partition coefficient (Wildman–Crippen LogP) is 5.63. The molecule has 0 saturated heterocycles. The van der Waals surface area contributed by atoms with Crippen LogP contribution < -0.4 is 0 Å². The third-order valence-corrected chi connectivity index (χ3v) is 5.34. The average molecular weight is 277 g/mol. The molecule has 2 fully saturated rings. The van der Waals surface area contributed by atoms with Crippen molar-refractivity contribution in [1.82, 2.24) is 0 Å². The minimum atomic E-state index is -0.735. The highest BCUT2D eigenvalue weighted by Gasteiger charge is 2.29. The third kappa shape index (κ3) is 3.05. The van der Waals surface area contributed by atoms with Gasteiger partial charge in [0.25, 0.3) is 0 Å². The maximum atomic E-state index is 13.3. The molecule has 2 saturated carbocycles. The first-order valence-electron chi connectivity index (χ1n) is 8.00. The van der Waals surface area contributed by atoms with Gasteiger partial charge in [0.05, 0.1) is 0 Å². The lowest BCUT2D eigenvalue weighted by Gasteiger charge is -2.36. The van der Waals surface area contributed by atoms with E-state index >= 15 is 0 Å². The van der Waals surface area contributed by atoms with Crippen LogP contribution in [0.2, 0.25) is 0 Å². The fraction of sp³-hybridized carbons (Fsp3) is 0.611. The molecule has 20 heavy (non-hydrogen) atoms. The molecule has 2 aliphatic carbocycles. The van der Waals surface area contributed by atoms with Crippen LogP contribution in [0.25, 0.3) is 0 Å². The molecule has 1 aromatic carbocycles. The molecule has 1 radical (unpaired) electrons. The summed E-state index contributed by atoms with van der Waals surface area (Å²) in [6, 6.07) is 4.43. The van der Waals surface area contributed by atoms with Gasteiger partial charge >= 0.3 is 0 Å². The molecule has 0 nitrogen and oxygen atoms in total. The van der Waals surface area contributed by atoms with Gasteiger partial charge in [-0.05, 0) is 93.2 Å². The van der Waals surface area contributed by atoms with Gasteiger partial charge in [0.1, 0.15) is 0 Å². The first-order valence-corrected chi connectivity index (χ1v) is 8.00. The lowest BCUT2D eigenvalue weighted by Crippen LogP contribution is -2.23. The van der Waals surface area contributed by atoms with Crippen molar-refractivity contribution >= 4 is 0 Å². The van der Waals surface area contributed by atoms with E-state index in [1.807, 2.05) is 0 Å². The molecule has 2 aliphatic rings. The quantitative estimate of drug-likeness (QED) is 0.657. The lowest BCUT2D eigenvalue weighted by molar-refractivity contribution is 0.199. The van der Waals surface area contributed by atoms with E-state index in [1.165, 1.54) is 50.7 Å². The first kappa shape index (κ1) is 14.0. The van der Waals surface area contributed by atoms with Gasteiger partial charge in [0.2, 0.25) is 0 Å². The Morgan fingerprint density at radius 1 is 0.750 bits per heavy atom. The van der Waals surface area contributed by atoms with E-state index in [0.717, 1.165) is 30.2 Å². The zero-order valence-electron chi connectivity index (χ0n) is 12.0. The van der Waals surface area contributed by atoms with Gasteiger partial charge in [-0.2, -0.15) is 0 Å². The van der Waals surface area contributed by atoms with Gasteiger partial charge in [-0.25, -0.2) is 8.78 Å². The maximum absolute atomic E-state index is 13.3. The van der Waals surface area contributed by atoms with Crippen molar-refractivity contribution in [3.8, 4) is 0 Å². The van der Waals surface area contributed by atoms with Crippen molar-refractivity contribution in [2.75, 3.05) is 0 Å². The summed E-state index contributed by atoms with van der Waals surface area (Å²) in [5.74, 6) is 0.765. The molecule has 109 valence electrons. The molecule has 0 unspecified atom stereocenters. The second-order valence-electron chi connectivity index (χ2n) is 6.49. The Bertz CT molecular complexity index is 441. The van der Waals surface area contributed by atoms with Gasteiger partial charge in [-0.3, -0.25) is 0 Å². The molecular weight excluding hydrogens is 254 g/mol. The van der Waals surface area contributed by atoms with E-state index < -0.39 is 11.6 Å². The predicted molar refractivity (Wildman–Crippen MR) is 77.3 cm³/mol. The van der Waals surface area contributed by atoms with Gasteiger partial charge < -0.3 is 0 Å². The highest BCUT2D eigenvalue weighted by atomic mass is 19.2. The Morgan fingerprint density at radius 3 is 2.05 bits per heavy atom. The molecule has 1 aromatic rings. The van der Waals surface area contributed by atoms with Gasteiger partial charge in [-0.1, -0.05) is 6.07 Å². The van der Waals surface area contributed by atoms with E-state index in [9.17, 15) is 8.78 Å². The van der Waals surface area contributed by atoms with Crippen LogP contribution in [-0.2, 0) is 0 Å². The Balaban J connectivity index is 1.58. The minimum Gasteiger partial charge on any atom is -0.204 e. The number of rotatable bonds is 2. The van der Waals surface area contributed by atoms with Crippen molar-refractivity contribution in [3.63, 3.8) is 0 Å². The molecule has 0 aliphatic heterocycles. The van der Waals surface area contributed by atoms with Crippen LogP contribution in [0.5, 0.6) is 0 Å². The summed E-state index contributed by atoms with van der Waals surface area (Å²) in [6.45, 7) is 0. The standard InChI is InChI=1S/C18H23F2/c19-17-11-10-16(12-18(17)20)15-8-6-14(7-9-15)13-4-2-1-3-5-13/h1,10-15H,2-9H2. The number of hydrogen-bond acceptors (Lipinski definition) is 0. The monoisotopic (exact) mass is 277 g/mol. The summed E-state index contributed by atoms with van der Waals surface area (Å²) >= 11 is 0. The zero-order chi connectivity index (χ0) is 13.9. The minimum absolute atomic E-state index is 0.427. The van der Waals surface area contributed by atoms with E-state index in [4.69, 9.17) is 0 Å². The number of halogens is 2. The SMILES string of the molecule is Fc1ccc(C2CCC(C3CC[CH]CC3)CC2)cc1F. The van der Waals surface area contributed by atoms with Crippen molar-refractivity contribution in [3.05, 3.63) is 41.8 Å². The molecule has 0 bridgehead atoms. The Labute approximate surface area is 120 Å². The Morgan fingerprint density at radius 2 is 1.40 bits per heavy atom. The molecule has 0 aromatic heterocycles. The molecule has 3 rings (SSSR count). The molecule has 0 spiro atoms. The average Bonchev–Trinajstić information content (AvgIpc) is 2.51. The smallest absolute Gasteiger partial charge is 0.159 e. The van der Waals surface area contributed by atoms with E-state index in [1.54, 1.807) is 6.07 Å². The summed E-state index contributed by atoms with van der Waals surface area (Å²) in [6.07, 6.45) is 12.5. The molecule has 2 heteroatoms. The number of benzene rings is 1. The van der Waals surface area contributed by atoms with Gasteiger partial charge in [0.15, 0.2) is 11.6 Å². The largest absolute Gasteiger partial charge is 0.204 e. The molecule has 0 atom stereocenters. The van der Waals surface area contributed by atoms with Crippen LogP contribution in [0, 0.1) is 29.9 Å². The maximum Gasteiger partial charge on any atom is 0.159 e. The number of hydrogen-bond donors (Lipinski definition) is 0. The Kier molecular flexibility index (Phi) is 4.38. The van der Waals surface area contributed by atoms with Crippen molar-refractivity contribution < 1.29 is 8.78 Å². The fourth-order valence-electron chi connectivity index (χ4n) is 4.11. The zero-order valence-corrected chi connectivity index (χ0v) is 12.0. The molecule has 0 N–H and O–H groups in total. The summed E-state index contributed by atoms with van der Waals surface area (Å²) in [4.78, 5) is 0. The molecular formula is C18H23F2. The van der Waals surface area contributed by atoms with Crippen LogP contribution in [-0.4, -0.2) is 0 Å². The van der Waals surface area contributed by atoms with E-state index in [0.29, 0.717) is 5.92 Å². The Hall–Kier alpha value is -0.920. The highest BCUT2D eigenvalue weighted by Crippen LogP contribution is 2.42. The van der Waals surface area contributed by atoms with Crippen LogP contribution in [0.15, 0.2) is 18.2 Å². The fourth-order valence-corrected chi connectivity index (χ4v) is 4.11. The van der Waals surface area contributed by atoms with Gasteiger partial charge in [0, 0.05) is 0 Å². The molecule has 0 amide bonds. The highest BCUT2D eigenvalue weighted by molar-refractivity contribution is 5.22. The normalized spacial score (nSPS) is 28.5. The van der Waals surface area contributed by atoms with Gasteiger partial charge in [-0.15, -0.1) is 0 Å². The van der Waals surface area contributed by atoms with Crippen molar-refractivity contribution in [1.29, 1.82) is 0 Å². The van der Waals surface area contributed by atoms with Crippen molar-refractivity contribution in [2.45, 2.75) is 57.3 Å². The summed E-state index contributed by atoms with van der Waals surface area (Å²) < 4.78 is 26.3. The third-order valence-electron chi connectivity index (χ3n) is 5.34. The van der Waals surface area contributed by atoms with Crippen LogP contribution in [0.3, 0.4) is 0 Å². The topological polar surface area (TPSA) is 0 Å². The van der Waals surface area contributed by atoms with E-state index in [-0.39, 0.29) is 0 Å². The summed E-state index contributed by atoms with van der Waals surface area (Å²) in [5, 5.41) is 0. The van der Waals surface area contributed by atoms with Crippen molar-refractivity contribution in [2.24, 2.45) is 11.8 Å². The van der Waals surface area contributed by atoms with Crippen LogP contribution >= 0.6 is 0 Å². The lowest BCUT2D eigenvalue weighted by atomic mass is 9.70. The van der Waals surface area contributed by atoms with Crippen LogP contribution in [0.1, 0.15) is 62.8 Å². The van der Waals surface area contributed by atoms with Crippen LogP contribution in [0.4, 0.5) is 8.78 Å².